The van der Waals surface area contributed by atoms with Gasteiger partial charge < -0.3 is 10.3 Å². The molecule has 17 heavy (non-hydrogen) atoms. The highest BCUT2D eigenvalue weighted by molar-refractivity contribution is 4.93. The minimum absolute atomic E-state index is 0.145. The van der Waals surface area contributed by atoms with E-state index < -0.39 is 12.6 Å². The van der Waals surface area contributed by atoms with E-state index >= 15 is 0 Å². The van der Waals surface area contributed by atoms with Crippen LogP contribution in [-0.4, -0.2) is 22.4 Å². The fourth-order valence-electron chi connectivity index (χ4n) is 1.12. The molecule has 1 rings (SSSR count). The minimum Gasteiger partial charge on any atom is -0.339 e. The van der Waals surface area contributed by atoms with E-state index in [9.17, 15) is 13.2 Å². The van der Waals surface area contributed by atoms with Gasteiger partial charge in [-0.2, -0.15) is 18.2 Å². The first-order valence-corrected chi connectivity index (χ1v) is 5.22. The van der Waals surface area contributed by atoms with Gasteiger partial charge in [-0.05, 0) is 5.41 Å². The van der Waals surface area contributed by atoms with Crippen molar-refractivity contribution in [1.82, 2.24) is 10.1 Å². The third kappa shape index (κ3) is 4.72. The second-order valence-corrected chi connectivity index (χ2v) is 5.07. The van der Waals surface area contributed by atoms with Crippen LogP contribution in [0, 0.1) is 5.41 Å². The van der Waals surface area contributed by atoms with Gasteiger partial charge in [-0.25, -0.2) is 0 Å². The zero-order valence-corrected chi connectivity index (χ0v) is 10.0. The molecule has 2 N–H and O–H groups in total. The number of alkyl halides is 3. The van der Waals surface area contributed by atoms with Gasteiger partial charge in [0.05, 0.1) is 0 Å². The lowest BCUT2D eigenvalue weighted by Gasteiger charge is -2.25. The van der Waals surface area contributed by atoms with Gasteiger partial charge in [0.15, 0.2) is 5.82 Å². The van der Waals surface area contributed by atoms with Crippen LogP contribution in [0.1, 0.15) is 32.5 Å². The van der Waals surface area contributed by atoms with Crippen molar-refractivity contribution < 1.29 is 17.7 Å². The Hall–Kier alpha value is -1.11. The number of hydrogen-bond donors (Lipinski definition) is 1. The van der Waals surface area contributed by atoms with Crippen molar-refractivity contribution in [3.05, 3.63) is 11.7 Å². The van der Waals surface area contributed by atoms with Gasteiger partial charge in [-0.15, -0.1) is 0 Å². The van der Waals surface area contributed by atoms with Crippen LogP contribution < -0.4 is 5.73 Å². The number of nitrogens with two attached hydrogens (primary N) is 1. The fourth-order valence-corrected chi connectivity index (χ4v) is 1.12. The molecule has 1 aromatic rings. The maximum atomic E-state index is 12.1. The minimum atomic E-state index is -4.33. The highest BCUT2D eigenvalue weighted by Crippen LogP contribution is 2.22. The van der Waals surface area contributed by atoms with E-state index in [1.54, 1.807) is 0 Å². The predicted octanol–water partition coefficient (Wildman–Crippen LogP) is 2.09. The molecule has 4 nitrogen and oxygen atoms in total. The summed E-state index contributed by atoms with van der Waals surface area (Å²) in [7, 11) is 0. The molecule has 1 aromatic heterocycles. The summed E-state index contributed by atoms with van der Waals surface area (Å²) in [5, 5.41) is 3.27. The van der Waals surface area contributed by atoms with Gasteiger partial charge in [0, 0.05) is 12.5 Å². The molecule has 1 heterocycles. The Morgan fingerprint density at radius 2 is 1.88 bits per heavy atom. The smallest absolute Gasteiger partial charge is 0.339 e. The average molecular weight is 251 g/mol. The number of rotatable bonds is 3. The van der Waals surface area contributed by atoms with Crippen LogP contribution in [0.4, 0.5) is 13.2 Å². The molecule has 0 amide bonds. The number of nitrogens with zero attached hydrogens (tertiary/aromatic N) is 2. The fraction of sp³-hybridized carbons (Fsp3) is 0.800. The zero-order valence-electron chi connectivity index (χ0n) is 10.0. The Kier molecular flexibility index (Phi) is 3.81. The number of aromatic nitrogens is 2. The maximum absolute atomic E-state index is 12.1. The molecular formula is C10H16F3N3O. The van der Waals surface area contributed by atoms with Gasteiger partial charge in [-0.3, -0.25) is 0 Å². The van der Waals surface area contributed by atoms with Crippen LogP contribution in [0.5, 0.6) is 0 Å². The topological polar surface area (TPSA) is 64.9 Å². The SMILES string of the molecule is CC(C)(C)C(N)Cc1nc(CC(F)(F)F)no1. The molecule has 0 aliphatic heterocycles. The largest absolute Gasteiger partial charge is 0.396 e. The molecule has 7 heteroatoms. The molecule has 0 aromatic carbocycles. The van der Waals surface area contributed by atoms with Gasteiger partial charge in [0.2, 0.25) is 5.89 Å². The molecule has 0 aliphatic carbocycles. The highest BCUT2D eigenvalue weighted by Gasteiger charge is 2.31. The monoisotopic (exact) mass is 251 g/mol. The van der Waals surface area contributed by atoms with Crippen LogP contribution in [0.25, 0.3) is 0 Å². The van der Waals surface area contributed by atoms with Crippen LogP contribution in [0.3, 0.4) is 0 Å². The van der Waals surface area contributed by atoms with Crippen molar-refractivity contribution >= 4 is 0 Å². The maximum Gasteiger partial charge on any atom is 0.396 e. The van der Waals surface area contributed by atoms with Gasteiger partial charge >= 0.3 is 6.18 Å². The van der Waals surface area contributed by atoms with E-state index in [0.29, 0.717) is 0 Å². The van der Waals surface area contributed by atoms with Gasteiger partial charge in [0.1, 0.15) is 6.42 Å². The average Bonchev–Trinajstić information content (AvgIpc) is 2.47. The van der Waals surface area contributed by atoms with E-state index in [1.807, 2.05) is 20.8 Å². The molecular weight excluding hydrogens is 235 g/mol. The summed E-state index contributed by atoms with van der Waals surface area (Å²) in [4.78, 5) is 3.67. The lowest BCUT2D eigenvalue weighted by Crippen LogP contribution is -2.37. The Morgan fingerprint density at radius 3 is 2.35 bits per heavy atom. The standard InChI is InChI=1S/C10H16F3N3O/c1-9(2,3)6(14)4-8-15-7(16-17-8)5-10(11,12)13/h6H,4-5,14H2,1-3H3. The lowest BCUT2D eigenvalue weighted by molar-refractivity contribution is -0.128. The summed E-state index contributed by atoms with van der Waals surface area (Å²) in [6.45, 7) is 5.81. The predicted molar refractivity (Wildman–Crippen MR) is 55.2 cm³/mol. The molecule has 1 unspecified atom stereocenters. The van der Waals surface area contributed by atoms with Crippen LogP contribution in [0.2, 0.25) is 0 Å². The molecule has 1 atom stereocenters. The molecule has 98 valence electrons. The normalized spacial score (nSPS) is 15.0. The Bertz CT molecular complexity index is 368. The molecule has 0 saturated carbocycles. The van der Waals surface area contributed by atoms with Crippen molar-refractivity contribution in [3.8, 4) is 0 Å². The quantitative estimate of drug-likeness (QED) is 0.893. The van der Waals surface area contributed by atoms with Gasteiger partial charge in [0.25, 0.3) is 0 Å². The molecule has 0 aliphatic rings. The Morgan fingerprint density at radius 1 is 1.29 bits per heavy atom. The van der Waals surface area contributed by atoms with Crippen LogP contribution in [0.15, 0.2) is 4.52 Å². The second-order valence-electron chi connectivity index (χ2n) is 5.07. The van der Waals surface area contributed by atoms with Gasteiger partial charge in [-0.1, -0.05) is 25.9 Å². The number of halogens is 3. The molecule has 0 spiro atoms. The van der Waals surface area contributed by atoms with E-state index in [-0.39, 0.29) is 29.6 Å². The van der Waals surface area contributed by atoms with Crippen molar-refractivity contribution in [2.24, 2.45) is 11.1 Å². The Balaban J connectivity index is 2.63. The van der Waals surface area contributed by atoms with E-state index in [2.05, 4.69) is 10.1 Å². The van der Waals surface area contributed by atoms with Crippen LogP contribution in [-0.2, 0) is 12.8 Å². The summed E-state index contributed by atoms with van der Waals surface area (Å²) < 4.78 is 40.9. The second kappa shape index (κ2) is 4.64. The van der Waals surface area contributed by atoms with E-state index in [4.69, 9.17) is 10.3 Å². The van der Waals surface area contributed by atoms with Crippen molar-refractivity contribution in [3.63, 3.8) is 0 Å². The van der Waals surface area contributed by atoms with Crippen molar-refractivity contribution in [2.45, 2.75) is 45.8 Å². The van der Waals surface area contributed by atoms with Crippen LogP contribution >= 0.6 is 0 Å². The molecule has 0 bridgehead atoms. The zero-order chi connectivity index (χ0) is 13.3. The summed E-state index contributed by atoms with van der Waals surface area (Å²) in [6.07, 6.45) is -5.23. The summed E-state index contributed by atoms with van der Waals surface area (Å²) in [5.74, 6) is -0.208. The molecule has 0 radical (unpaired) electrons. The summed E-state index contributed by atoms with van der Waals surface area (Å²) in [6, 6.07) is -0.248. The van der Waals surface area contributed by atoms with E-state index in [1.165, 1.54) is 0 Å². The first-order chi connectivity index (χ1) is 7.58. The third-order valence-electron chi connectivity index (χ3n) is 2.38. The van der Waals surface area contributed by atoms with Crippen molar-refractivity contribution in [2.75, 3.05) is 0 Å². The lowest BCUT2D eigenvalue weighted by atomic mass is 9.85. The summed E-state index contributed by atoms with van der Waals surface area (Å²) >= 11 is 0. The third-order valence-corrected chi connectivity index (χ3v) is 2.38. The first-order valence-electron chi connectivity index (χ1n) is 5.22. The highest BCUT2D eigenvalue weighted by atomic mass is 19.4. The molecule has 0 fully saturated rings. The Labute approximate surface area is 97.4 Å². The first kappa shape index (κ1) is 14.0. The molecule has 0 saturated heterocycles. The van der Waals surface area contributed by atoms with E-state index in [0.717, 1.165) is 0 Å². The number of hydrogen-bond acceptors (Lipinski definition) is 4. The van der Waals surface area contributed by atoms with Crippen molar-refractivity contribution in [1.29, 1.82) is 0 Å². The summed E-state index contributed by atoms with van der Waals surface area (Å²) in [5.41, 5.74) is 5.70.